The molecule has 0 spiro atoms. The maximum atomic E-state index is 5.40. The zero-order valence-electron chi connectivity index (χ0n) is 12.2. The number of nitrogens with one attached hydrogen (secondary N) is 1. The topological polar surface area (TPSA) is 24.5 Å². The quantitative estimate of drug-likeness (QED) is 0.817. The molecule has 1 N–H and O–H groups in total. The Hall–Kier alpha value is -1.06. The summed E-state index contributed by atoms with van der Waals surface area (Å²) in [6, 6.07) is 8.78. The van der Waals surface area contributed by atoms with Gasteiger partial charge in [0.05, 0.1) is 6.61 Å². The Balaban J connectivity index is 1.86. The molecule has 1 saturated heterocycles. The highest BCUT2D eigenvalue weighted by Crippen LogP contribution is 2.16. The van der Waals surface area contributed by atoms with Gasteiger partial charge in [-0.25, -0.2) is 0 Å². The first-order valence-electron chi connectivity index (χ1n) is 7.44. The van der Waals surface area contributed by atoms with E-state index in [1.165, 1.54) is 17.7 Å². The molecule has 2 rings (SSSR count). The molecule has 19 heavy (non-hydrogen) atoms. The molecule has 3 heteroatoms. The van der Waals surface area contributed by atoms with E-state index in [2.05, 4.69) is 48.3 Å². The average molecular weight is 262 g/mol. The molecule has 0 aromatic heterocycles. The van der Waals surface area contributed by atoms with Gasteiger partial charge in [0.15, 0.2) is 0 Å². The third-order valence-electron chi connectivity index (χ3n) is 3.85. The largest absolute Gasteiger partial charge is 0.385 e. The number of hydrogen-bond acceptors (Lipinski definition) is 3. The van der Waals surface area contributed by atoms with Crippen LogP contribution in [0.2, 0.25) is 0 Å². The van der Waals surface area contributed by atoms with Crippen LogP contribution in [0.5, 0.6) is 0 Å². The van der Waals surface area contributed by atoms with Gasteiger partial charge in [0.2, 0.25) is 0 Å². The van der Waals surface area contributed by atoms with Crippen LogP contribution in [0.25, 0.3) is 0 Å². The van der Waals surface area contributed by atoms with Gasteiger partial charge in [-0.2, -0.15) is 0 Å². The van der Waals surface area contributed by atoms with Crippen LogP contribution in [0.3, 0.4) is 0 Å². The van der Waals surface area contributed by atoms with E-state index in [-0.39, 0.29) is 0 Å². The molecule has 1 atom stereocenters. The molecule has 0 saturated carbocycles. The first-order valence-corrected chi connectivity index (χ1v) is 7.44. The van der Waals surface area contributed by atoms with Gasteiger partial charge >= 0.3 is 0 Å². The molecule has 106 valence electrons. The van der Waals surface area contributed by atoms with Crippen LogP contribution >= 0.6 is 0 Å². The highest BCUT2D eigenvalue weighted by Gasteiger charge is 2.14. The second-order valence-corrected chi connectivity index (χ2v) is 5.27. The summed E-state index contributed by atoms with van der Waals surface area (Å²) < 4.78 is 5.40. The lowest BCUT2D eigenvalue weighted by Gasteiger charge is -2.19. The van der Waals surface area contributed by atoms with Gasteiger partial charge in [-0.3, -0.25) is 4.90 Å². The number of hydrogen-bond donors (Lipinski definition) is 1. The summed E-state index contributed by atoms with van der Waals surface area (Å²) in [6.45, 7) is 10.5. The van der Waals surface area contributed by atoms with Crippen molar-refractivity contribution >= 4 is 5.69 Å². The maximum Gasteiger partial charge on any atom is 0.0511 e. The molecule has 1 heterocycles. The summed E-state index contributed by atoms with van der Waals surface area (Å²) in [5.41, 5.74) is 2.62. The van der Waals surface area contributed by atoms with Gasteiger partial charge in [0.25, 0.3) is 0 Å². The van der Waals surface area contributed by atoms with E-state index >= 15 is 0 Å². The van der Waals surface area contributed by atoms with Crippen molar-refractivity contribution < 1.29 is 4.74 Å². The second kappa shape index (κ2) is 7.51. The maximum absolute atomic E-state index is 5.40. The molecule has 0 bridgehead atoms. The summed E-state index contributed by atoms with van der Waals surface area (Å²) in [6.07, 6.45) is 1.19. The molecule has 1 aliphatic heterocycles. The van der Waals surface area contributed by atoms with Gasteiger partial charge in [-0.1, -0.05) is 26.0 Å². The minimum absolute atomic E-state index is 0.673. The van der Waals surface area contributed by atoms with Gasteiger partial charge in [0.1, 0.15) is 0 Å². The molecule has 3 nitrogen and oxygen atoms in total. The van der Waals surface area contributed by atoms with Crippen molar-refractivity contribution in [2.45, 2.75) is 26.8 Å². The molecule has 1 unspecified atom stereocenters. The average Bonchev–Trinajstić information content (AvgIpc) is 2.96. The van der Waals surface area contributed by atoms with Crippen LogP contribution in [0.15, 0.2) is 24.3 Å². The molecule has 1 aromatic rings. The zero-order valence-corrected chi connectivity index (χ0v) is 12.2. The normalized spacial score (nSPS) is 19.0. The Morgan fingerprint density at radius 1 is 1.32 bits per heavy atom. The molecule has 1 aromatic carbocycles. The molecular weight excluding hydrogens is 236 g/mol. The summed E-state index contributed by atoms with van der Waals surface area (Å²) in [4.78, 5) is 2.43. The highest BCUT2D eigenvalue weighted by atomic mass is 16.5. The number of anilines is 1. The van der Waals surface area contributed by atoms with Crippen LogP contribution in [0.4, 0.5) is 5.69 Å². The van der Waals surface area contributed by atoms with Crippen molar-refractivity contribution in [3.8, 4) is 0 Å². The monoisotopic (exact) mass is 262 g/mol. The van der Waals surface area contributed by atoms with Crippen molar-refractivity contribution in [2.24, 2.45) is 5.92 Å². The lowest BCUT2D eigenvalue weighted by atomic mass is 10.1. The van der Waals surface area contributed by atoms with Gasteiger partial charge in [0, 0.05) is 31.3 Å². The van der Waals surface area contributed by atoms with E-state index in [4.69, 9.17) is 4.74 Å². The molecular formula is C16H26N2O. The minimum atomic E-state index is 0.673. The summed E-state index contributed by atoms with van der Waals surface area (Å²) in [7, 11) is 0. The van der Waals surface area contributed by atoms with Crippen molar-refractivity contribution in [1.82, 2.24) is 4.90 Å². The molecule has 1 aliphatic rings. The summed E-state index contributed by atoms with van der Waals surface area (Å²) >= 11 is 0. The smallest absolute Gasteiger partial charge is 0.0511 e. The van der Waals surface area contributed by atoms with Crippen LogP contribution in [0.1, 0.15) is 25.8 Å². The number of ether oxygens (including phenoxy) is 1. The molecule has 0 radical (unpaired) electrons. The molecule has 0 amide bonds. The van der Waals surface area contributed by atoms with E-state index in [1.54, 1.807) is 0 Å². The van der Waals surface area contributed by atoms with Crippen LogP contribution in [-0.4, -0.2) is 37.7 Å². The van der Waals surface area contributed by atoms with E-state index in [0.29, 0.717) is 5.92 Å². The Bertz CT molecular complexity index is 371. The molecule has 1 fully saturated rings. The van der Waals surface area contributed by atoms with E-state index in [1.807, 2.05) is 0 Å². The highest BCUT2D eigenvalue weighted by molar-refractivity contribution is 5.45. The third kappa shape index (κ3) is 4.51. The van der Waals surface area contributed by atoms with Crippen LogP contribution in [0, 0.1) is 5.92 Å². The first kappa shape index (κ1) is 14.4. The SMILES string of the molecule is CCN(CC)Cc1cccc(NCC2CCOC2)c1. The first-order chi connectivity index (χ1) is 9.31. The Morgan fingerprint density at radius 3 is 2.84 bits per heavy atom. The molecule has 0 aliphatic carbocycles. The van der Waals surface area contributed by atoms with E-state index in [9.17, 15) is 0 Å². The van der Waals surface area contributed by atoms with E-state index in [0.717, 1.165) is 39.4 Å². The van der Waals surface area contributed by atoms with Gasteiger partial charge in [-0.15, -0.1) is 0 Å². The standard InChI is InChI=1S/C16H26N2O/c1-3-18(4-2)12-14-6-5-7-16(10-14)17-11-15-8-9-19-13-15/h5-7,10,15,17H,3-4,8-9,11-13H2,1-2H3. The van der Waals surface area contributed by atoms with Crippen LogP contribution in [-0.2, 0) is 11.3 Å². The Morgan fingerprint density at radius 2 is 2.16 bits per heavy atom. The Kier molecular flexibility index (Phi) is 5.67. The number of nitrogens with zero attached hydrogens (tertiary/aromatic N) is 1. The van der Waals surface area contributed by atoms with Gasteiger partial charge < -0.3 is 10.1 Å². The number of rotatable bonds is 7. The van der Waals surface area contributed by atoms with E-state index < -0.39 is 0 Å². The lowest BCUT2D eigenvalue weighted by Crippen LogP contribution is -2.22. The summed E-state index contributed by atoms with van der Waals surface area (Å²) in [5, 5.41) is 3.54. The third-order valence-corrected chi connectivity index (χ3v) is 3.85. The van der Waals surface area contributed by atoms with Crippen molar-refractivity contribution in [2.75, 3.05) is 38.2 Å². The van der Waals surface area contributed by atoms with Crippen molar-refractivity contribution in [3.05, 3.63) is 29.8 Å². The number of benzene rings is 1. The Labute approximate surface area is 116 Å². The summed E-state index contributed by atoms with van der Waals surface area (Å²) in [5.74, 6) is 0.673. The van der Waals surface area contributed by atoms with Gasteiger partial charge in [-0.05, 0) is 37.2 Å². The fraction of sp³-hybridized carbons (Fsp3) is 0.625. The minimum Gasteiger partial charge on any atom is -0.385 e. The predicted octanol–water partition coefficient (Wildman–Crippen LogP) is 2.98. The fourth-order valence-electron chi connectivity index (χ4n) is 2.49. The second-order valence-electron chi connectivity index (χ2n) is 5.27. The van der Waals surface area contributed by atoms with Crippen molar-refractivity contribution in [3.63, 3.8) is 0 Å². The fourth-order valence-corrected chi connectivity index (χ4v) is 2.49. The van der Waals surface area contributed by atoms with Crippen molar-refractivity contribution in [1.29, 1.82) is 0 Å². The lowest BCUT2D eigenvalue weighted by molar-refractivity contribution is 0.187. The predicted molar refractivity (Wildman–Crippen MR) is 80.5 cm³/mol. The zero-order chi connectivity index (χ0) is 13.5. The van der Waals surface area contributed by atoms with Crippen LogP contribution < -0.4 is 5.32 Å².